The van der Waals surface area contributed by atoms with Gasteiger partial charge in [-0.2, -0.15) is 9.41 Å². The Balaban J connectivity index is 1.91. The van der Waals surface area contributed by atoms with Crippen molar-refractivity contribution >= 4 is 27.6 Å². The third kappa shape index (κ3) is 4.44. The molecule has 0 unspecified atom stereocenters. The summed E-state index contributed by atoms with van der Waals surface area (Å²) in [5.41, 5.74) is 3.09. The fourth-order valence-corrected chi connectivity index (χ4v) is 4.16. The quantitative estimate of drug-likeness (QED) is 0.424. The zero-order valence-electron chi connectivity index (χ0n) is 14.7. The number of rotatable bonds is 6. The van der Waals surface area contributed by atoms with Gasteiger partial charge in [0, 0.05) is 25.2 Å². The number of nitro groups is 1. The summed E-state index contributed by atoms with van der Waals surface area (Å²) in [6.07, 6.45) is 1.44. The van der Waals surface area contributed by atoms with Gasteiger partial charge in [0.05, 0.1) is 30.0 Å². The minimum atomic E-state index is -3.97. The molecule has 148 valence electrons. The van der Waals surface area contributed by atoms with E-state index in [0.717, 1.165) is 6.07 Å². The third-order valence-electron chi connectivity index (χ3n) is 4.06. The molecule has 0 atom stereocenters. The lowest BCUT2D eigenvalue weighted by molar-refractivity contribution is -0.385. The first kappa shape index (κ1) is 19.7. The van der Waals surface area contributed by atoms with Gasteiger partial charge in [-0.05, 0) is 35.9 Å². The smallest absolute Gasteiger partial charge is 0.270 e. The van der Waals surface area contributed by atoms with Crippen molar-refractivity contribution in [3.8, 4) is 5.75 Å². The van der Waals surface area contributed by atoms with Crippen molar-refractivity contribution in [1.29, 1.82) is 0 Å². The first-order valence-corrected chi connectivity index (χ1v) is 9.76. The van der Waals surface area contributed by atoms with E-state index in [9.17, 15) is 23.6 Å². The highest BCUT2D eigenvalue weighted by atomic mass is 32.2. The summed E-state index contributed by atoms with van der Waals surface area (Å²) in [6.45, 7) is 0.855. The zero-order valence-corrected chi connectivity index (χ0v) is 15.5. The second kappa shape index (κ2) is 8.33. The van der Waals surface area contributed by atoms with Crippen LogP contribution in [0.1, 0.15) is 5.56 Å². The fourth-order valence-electron chi connectivity index (χ4n) is 2.59. The number of nitro benzene ring substituents is 1. The number of hydrazone groups is 1. The van der Waals surface area contributed by atoms with Gasteiger partial charge < -0.3 is 9.84 Å². The molecule has 0 spiro atoms. The Kier molecular flexibility index (Phi) is 5.87. The van der Waals surface area contributed by atoms with Gasteiger partial charge in [0.1, 0.15) is 10.6 Å². The number of nitrogens with one attached hydrogen (secondary N) is 1. The number of aromatic hydroxyl groups is 1. The topological polar surface area (TPSA) is 134 Å². The lowest BCUT2D eigenvalue weighted by Crippen LogP contribution is -2.40. The number of benzene rings is 2. The molecule has 0 radical (unpaired) electrons. The average molecular weight is 406 g/mol. The summed E-state index contributed by atoms with van der Waals surface area (Å²) in [7, 11) is -3.97. The van der Waals surface area contributed by atoms with Crippen LogP contribution in [-0.4, -0.2) is 55.3 Å². The van der Waals surface area contributed by atoms with Crippen LogP contribution in [0.2, 0.25) is 0 Å². The predicted molar refractivity (Wildman–Crippen MR) is 102 cm³/mol. The zero-order chi connectivity index (χ0) is 20.1. The molecule has 1 heterocycles. The highest BCUT2D eigenvalue weighted by Gasteiger charge is 2.30. The number of morpholine rings is 1. The molecule has 0 amide bonds. The number of hydrogen-bond donors (Lipinski definition) is 2. The molecule has 1 aliphatic rings. The molecule has 28 heavy (non-hydrogen) atoms. The van der Waals surface area contributed by atoms with Crippen molar-refractivity contribution in [2.24, 2.45) is 5.10 Å². The van der Waals surface area contributed by atoms with Gasteiger partial charge in [0.25, 0.3) is 5.69 Å². The first-order chi connectivity index (χ1) is 13.4. The maximum absolute atomic E-state index is 13.0. The van der Waals surface area contributed by atoms with E-state index < -0.39 is 14.9 Å². The van der Waals surface area contributed by atoms with Crippen LogP contribution in [0, 0.1) is 10.1 Å². The highest BCUT2D eigenvalue weighted by Crippen LogP contribution is 2.29. The Bertz CT molecular complexity index is 985. The highest BCUT2D eigenvalue weighted by molar-refractivity contribution is 7.89. The Morgan fingerprint density at radius 1 is 1.18 bits per heavy atom. The van der Waals surface area contributed by atoms with E-state index in [1.54, 1.807) is 12.1 Å². The Hall–Kier alpha value is -3.02. The molecule has 1 saturated heterocycles. The molecule has 3 rings (SSSR count). The maximum atomic E-state index is 13.0. The van der Waals surface area contributed by atoms with Crippen molar-refractivity contribution < 1.29 is 23.2 Å². The molecule has 11 heteroatoms. The Morgan fingerprint density at radius 3 is 2.50 bits per heavy atom. The number of phenols is 1. The van der Waals surface area contributed by atoms with Crippen LogP contribution in [0.5, 0.6) is 5.75 Å². The van der Waals surface area contributed by atoms with Crippen molar-refractivity contribution in [3.05, 3.63) is 58.1 Å². The molecule has 0 saturated carbocycles. The van der Waals surface area contributed by atoms with Crippen LogP contribution in [0.3, 0.4) is 0 Å². The number of ether oxygens (including phenoxy) is 1. The minimum absolute atomic E-state index is 0.111. The van der Waals surface area contributed by atoms with Crippen LogP contribution in [-0.2, 0) is 14.8 Å². The van der Waals surface area contributed by atoms with Gasteiger partial charge >= 0.3 is 0 Å². The Labute approximate surface area is 161 Å². The number of phenolic OH excluding ortho intramolecular Hbond substituents is 1. The van der Waals surface area contributed by atoms with Crippen LogP contribution in [0.15, 0.2) is 52.5 Å². The summed E-state index contributed by atoms with van der Waals surface area (Å²) in [5, 5.41) is 24.4. The molecule has 2 N–H and O–H groups in total. The molecule has 1 aliphatic heterocycles. The predicted octanol–water partition coefficient (Wildman–Crippen LogP) is 1.77. The number of sulfonamides is 1. The number of hydrogen-bond acceptors (Lipinski definition) is 8. The molecular weight excluding hydrogens is 388 g/mol. The molecule has 0 bridgehead atoms. The van der Waals surface area contributed by atoms with Crippen LogP contribution in [0.25, 0.3) is 0 Å². The minimum Gasteiger partial charge on any atom is -0.508 e. The van der Waals surface area contributed by atoms with Gasteiger partial charge in [0.2, 0.25) is 10.0 Å². The number of nitrogens with zero attached hydrogens (tertiary/aromatic N) is 3. The number of anilines is 1. The van der Waals surface area contributed by atoms with Crippen molar-refractivity contribution in [2.45, 2.75) is 4.90 Å². The second-order valence-corrected chi connectivity index (χ2v) is 7.82. The lowest BCUT2D eigenvalue weighted by atomic mass is 10.2. The average Bonchev–Trinajstić information content (AvgIpc) is 2.70. The molecule has 0 aliphatic carbocycles. The third-order valence-corrected chi connectivity index (χ3v) is 5.99. The standard InChI is InChI=1S/C17H18N4O6S/c22-15-4-1-13(2-5-15)12-18-19-16-6-3-14(21(23)24)11-17(16)28(25,26)20-7-9-27-10-8-20/h1-6,11-12,19,22H,7-10H2/b18-12+. The summed E-state index contributed by atoms with van der Waals surface area (Å²) >= 11 is 0. The van der Waals surface area contributed by atoms with E-state index >= 15 is 0 Å². The van der Waals surface area contributed by atoms with E-state index in [4.69, 9.17) is 4.74 Å². The molecular formula is C17H18N4O6S. The lowest BCUT2D eigenvalue weighted by Gasteiger charge is -2.26. The van der Waals surface area contributed by atoms with Gasteiger partial charge in [-0.1, -0.05) is 0 Å². The Morgan fingerprint density at radius 2 is 1.86 bits per heavy atom. The normalized spacial score (nSPS) is 15.6. The van der Waals surface area contributed by atoms with Crippen molar-refractivity contribution in [1.82, 2.24) is 4.31 Å². The van der Waals surface area contributed by atoms with Crippen LogP contribution < -0.4 is 5.43 Å². The van der Waals surface area contributed by atoms with E-state index in [-0.39, 0.29) is 48.3 Å². The van der Waals surface area contributed by atoms with E-state index in [1.165, 1.54) is 34.8 Å². The molecule has 0 aromatic heterocycles. The molecule has 2 aromatic carbocycles. The van der Waals surface area contributed by atoms with Gasteiger partial charge in [-0.3, -0.25) is 15.5 Å². The van der Waals surface area contributed by atoms with Crippen molar-refractivity contribution in [3.63, 3.8) is 0 Å². The number of non-ortho nitro benzene ring substituents is 1. The summed E-state index contributed by atoms with van der Waals surface area (Å²) < 4.78 is 32.4. The molecule has 1 fully saturated rings. The molecule has 10 nitrogen and oxygen atoms in total. The van der Waals surface area contributed by atoms with Crippen LogP contribution >= 0.6 is 0 Å². The maximum Gasteiger partial charge on any atom is 0.270 e. The molecule has 2 aromatic rings. The van der Waals surface area contributed by atoms with Gasteiger partial charge in [-0.15, -0.1) is 0 Å². The fraction of sp³-hybridized carbons (Fsp3) is 0.235. The monoisotopic (exact) mass is 406 g/mol. The summed E-state index contributed by atoms with van der Waals surface area (Å²) in [5.74, 6) is 0.111. The van der Waals surface area contributed by atoms with E-state index in [0.29, 0.717) is 5.56 Å². The second-order valence-electron chi connectivity index (χ2n) is 5.92. The van der Waals surface area contributed by atoms with Gasteiger partial charge in [0.15, 0.2) is 0 Å². The first-order valence-electron chi connectivity index (χ1n) is 8.32. The van der Waals surface area contributed by atoms with Crippen LogP contribution in [0.4, 0.5) is 11.4 Å². The van der Waals surface area contributed by atoms with Crippen molar-refractivity contribution in [2.75, 3.05) is 31.7 Å². The summed E-state index contributed by atoms with van der Waals surface area (Å²) in [6, 6.07) is 9.76. The van der Waals surface area contributed by atoms with Gasteiger partial charge in [-0.25, -0.2) is 8.42 Å². The largest absolute Gasteiger partial charge is 0.508 e. The SMILES string of the molecule is O=[N+]([O-])c1ccc(N/N=C/c2ccc(O)cc2)c(S(=O)(=O)N2CCOCC2)c1. The van der Waals surface area contributed by atoms with E-state index in [2.05, 4.69) is 10.5 Å². The van der Waals surface area contributed by atoms with E-state index in [1.807, 2.05) is 0 Å². The summed E-state index contributed by atoms with van der Waals surface area (Å²) in [4.78, 5) is 10.2.